The van der Waals surface area contributed by atoms with Gasteiger partial charge < -0.3 is 15.0 Å². The molecule has 0 bridgehead atoms. The van der Waals surface area contributed by atoms with E-state index in [1.807, 2.05) is 4.90 Å². The van der Waals surface area contributed by atoms with Gasteiger partial charge in [0.25, 0.3) is 0 Å². The Kier molecular flexibility index (Phi) is 4.40. The molecule has 0 aromatic rings. The Morgan fingerprint density at radius 3 is 2.53 bits per heavy atom. The molecule has 0 aromatic heterocycles. The number of carbonyl (C=O) groups excluding carboxylic acids is 1. The topological polar surface area (TPSA) is 41.6 Å². The summed E-state index contributed by atoms with van der Waals surface area (Å²) < 4.78 is 5.98. The van der Waals surface area contributed by atoms with E-state index < -0.39 is 0 Å². The van der Waals surface area contributed by atoms with Crippen LogP contribution in [0.25, 0.3) is 0 Å². The highest BCUT2D eigenvalue weighted by molar-refractivity contribution is 5.77. The van der Waals surface area contributed by atoms with E-state index in [9.17, 15) is 4.79 Å². The molecular formula is C13H24N2O2. The predicted molar refractivity (Wildman–Crippen MR) is 66.8 cm³/mol. The number of likely N-dealkylation sites (tertiary alicyclic amines) is 1. The van der Waals surface area contributed by atoms with E-state index in [4.69, 9.17) is 4.74 Å². The van der Waals surface area contributed by atoms with Crippen molar-refractivity contribution in [3.63, 3.8) is 0 Å². The highest BCUT2D eigenvalue weighted by atomic mass is 16.5. The molecule has 0 radical (unpaired) electrons. The first-order valence-electron chi connectivity index (χ1n) is 6.79. The van der Waals surface area contributed by atoms with Crippen LogP contribution in [-0.2, 0) is 9.53 Å². The van der Waals surface area contributed by atoms with E-state index in [2.05, 4.69) is 19.2 Å². The SMILES string of the molecule is CC(C)CC(=O)N1CC(OC2CCNCC2)C1. The predicted octanol–water partition coefficient (Wildman–Crippen LogP) is 1.01. The largest absolute Gasteiger partial charge is 0.371 e. The van der Waals surface area contributed by atoms with Crippen LogP contribution in [0.2, 0.25) is 0 Å². The zero-order valence-electron chi connectivity index (χ0n) is 10.9. The fourth-order valence-electron chi connectivity index (χ4n) is 2.41. The average molecular weight is 240 g/mol. The van der Waals surface area contributed by atoms with Crippen molar-refractivity contribution in [1.29, 1.82) is 0 Å². The molecule has 2 rings (SSSR count). The fraction of sp³-hybridized carbons (Fsp3) is 0.923. The second-order valence-corrected chi connectivity index (χ2v) is 5.60. The Hall–Kier alpha value is -0.610. The molecule has 0 unspecified atom stereocenters. The van der Waals surface area contributed by atoms with Crippen molar-refractivity contribution >= 4 is 5.91 Å². The number of hydrogen-bond acceptors (Lipinski definition) is 3. The number of piperidine rings is 1. The van der Waals surface area contributed by atoms with Crippen molar-refractivity contribution < 1.29 is 9.53 Å². The third kappa shape index (κ3) is 3.68. The molecule has 2 aliphatic rings. The van der Waals surface area contributed by atoms with E-state index >= 15 is 0 Å². The molecule has 2 saturated heterocycles. The van der Waals surface area contributed by atoms with E-state index in [0.717, 1.165) is 39.0 Å². The van der Waals surface area contributed by atoms with Crippen molar-refractivity contribution in [3.8, 4) is 0 Å². The molecule has 2 aliphatic heterocycles. The molecule has 1 N–H and O–H groups in total. The van der Waals surface area contributed by atoms with Gasteiger partial charge in [-0.15, -0.1) is 0 Å². The quantitative estimate of drug-likeness (QED) is 0.797. The lowest BCUT2D eigenvalue weighted by Crippen LogP contribution is -2.56. The molecule has 2 fully saturated rings. The van der Waals surface area contributed by atoms with Crippen LogP contribution in [0.3, 0.4) is 0 Å². The summed E-state index contributed by atoms with van der Waals surface area (Å²) in [6, 6.07) is 0. The lowest BCUT2D eigenvalue weighted by Gasteiger charge is -2.41. The molecule has 98 valence electrons. The molecule has 4 nitrogen and oxygen atoms in total. The number of nitrogens with one attached hydrogen (secondary N) is 1. The first-order chi connectivity index (χ1) is 8.15. The van der Waals surface area contributed by atoms with E-state index in [1.165, 1.54) is 0 Å². The monoisotopic (exact) mass is 240 g/mol. The minimum Gasteiger partial charge on any atom is -0.371 e. The van der Waals surface area contributed by atoms with Gasteiger partial charge >= 0.3 is 0 Å². The summed E-state index contributed by atoms with van der Waals surface area (Å²) in [5.41, 5.74) is 0. The normalized spacial score (nSPS) is 22.9. The number of ether oxygens (including phenoxy) is 1. The van der Waals surface area contributed by atoms with Gasteiger partial charge in [0.2, 0.25) is 5.91 Å². The second-order valence-electron chi connectivity index (χ2n) is 5.60. The summed E-state index contributed by atoms with van der Waals surface area (Å²) in [6.45, 7) is 7.90. The number of nitrogens with zero attached hydrogens (tertiary/aromatic N) is 1. The Labute approximate surface area is 104 Å². The lowest BCUT2D eigenvalue weighted by molar-refractivity contribution is -0.151. The minimum absolute atomic E-state index is 0.283. The maximum absolute atomic E-state index is 11.7. The minimum atomic E-state index is 0.283. The van der Waals surface area contributed by atoms with Crippen molar-refractivity contribution in [2.24, 2.45) is 5.92 Å². The van der Waals surface area contributed by atoms with Gasteiger partial charge in [0, 0.05) is 19.5 Å². The smallest absolute Gasteiger partial charge is 0.223 e. The van der Waals surface area contributed by atoms with Crippen LogP contribution in [0.5, 0.6) is 0 Å². The fourth-order valence-corrected chi connectivity index (χ4v) is 2.41. The molecule has 4 heteroatoms. The van der Waals surface area contributed by atoms with Crippen LogP contribution in [0.15, 0.2) is 0 Å². The first kappa shape index (κ1) is 12.8. The molecule has 0 aromatic carbocycles. The summed E-state index contributed by atoms with van der Waals surface area (Å²) in [6.07, 6.45) is 3.57. The highest BCUT2D eigenvalue weighted by Gasteiger charge is 2.33. The number of rotatable bonds is 4. The molecule has 0 spiro atoms. The first-order valence-corrected chi connectivity index (χ1v) is 6.79. The Morgan fingerprint density at radius 1 is 1.29 bits per heavy atom. The van der Waals surface area contributed by atoms with Gasteiger partial charge in [0.1, 0.15) is 0 Å². The zero-order valence-corrected chi connectivity index (χ0v) is 10.9. The third-order valence-electron chi connectivity index (χ3n) is 3.45. The van der Waals surface area contributed by atoms with Gasteiger partial charge in [-0.2, -0.15) is 0 Å². The van der Waals surface area contributed by atoms with Crippen LogP contribution in [-0.4, -0.2) is 49.2 Å². The number of hydrogen-bond donors (Lipinski definition) is 1. The van der Waals surface area contributed by atoms with Crippen LogP contribution >= 0.6 is 0 Å². The zero-order chi connectivity index (χ0) is 12.3. The summed E-state index contributed by atoms with van der Waals surface area (Å²) in [7, 11) is 0. The number of amides is 1. The Bertz CT molecular complexity index is 256. The third-order valence-corrected chi connectivity index (χ3v) is 3.45. The van der Waals surface area contributed by atoms with Crippen molar-refractivity contribution in [1.82, 2.24) is 10.2 Å². The Balaban J connectivity index is 1.63. The van der Waals surface area contributed by atoms with Gasteiger partial charge in [-0.25, -0.2) is 0 Å². The van der Waals surface area contributed by atoms with Gasteiger partial charge in [0.15, 0.2) is 0 Å². The van der Waals surface area contributed by atoms with E-state index in [0.29, 0.717) is 18.4 Å². The standard InChI is InChI=1S/C13H24N2O2/c1-10(2)7-13(16)15-8-12(9-15)17-11-3-5-14-6-4-11/h10-12,14H,3-9H2,1-2H3. The molecule has 0 saturated carbocycles. The summed E-state index contributed by atoms with van der Waals surface area (Å²) in [5.74, 6) is 0.733. The van der Waals surface area contributed by atoms with Crippen molar-refractivity contribution in [3.05, 3.63) is 0 Å². The molecule has 0 aliphatic carbocycles. The van der Waals surface area contributed by atoms with Crippen molar-refractivity contribution in [2.75, 3.05) is 26.2 Å². The molecular weight excluding hydrogens is 216 g/mol. The second kappa shape index (κ2) is 5.83. The lowest BCUT2D eigenvalue weighted by atomic mass is 10.1. The van der Waals surface area contributed by atoms with E-state index in [-0.39, 0.29) is 12.0 Å². The summed E-state index contributed by atoms with van der Waals surface area (Å²) in [5, 5.41) is 3.33. The van der Waals surface area contributed by atoms with Crippen LogP contribution in [0.1, 0.15) is 33.1 Å². The summed E-state index contributed by atoms with van der Waals surface area (Å²) >= 11 is 0. The Morgan fingerprint density at radius 2 is 1.94 bits per heavy atom. The van der Waals surface area contributed by atoms with Crippen LogP contribution in [0, 0.1) is 5.92 Å². The molecule has 17 heavy (non-hydrogen) atoms. The number of carbonyl (C=O) groups is 1. The maximum atomic E-state index is 11.7. The van der Waals surface area contributed by atoms with E-state index in [1.54, 1.807) is 0 Å². The maximum Gasteiger partial charge on any atom is 0.223 e. The van der Waals surface area contributed by atoms with Crippen LogP contribution < -0.4 is 5.32 Å². The van der Waals surface area contributed by atoms with Gasteiger partial charge in [0.05, 0.1) is 12.2 Å². The summed E-state index contributed by atoms with van der Waals surface area (Å²) in [4.78, 5) is 13.7. The van der Waals surface area contributed by atoms with Gasteiger partial charge in [-0.3, -0.25) is 4.79 Å². The molecule has 1 amide bonds. The van der Waals surface area contributed by atoms with Crippen LogP contribution in [0.4, 0.5) is 0 Å². The average Bonchev–Trinajstić information content (AvgIpc) is 2.23. The molecule has 0 atom stereocenters. The van der Waals surface area contributed by atoms with Gasteiger partial charge in [-0.05, 0) is 31.8 Å². The highest BCUT2D eigenvalue weighted by Crippen LogP contribution is 2.19. The van der Waals surface area contributed by atoms with Gasteiger partial charge in [-0.1, -0.05) is 13.8 Å². The molecule has 2 heterocycles. The van der Waals surface area contributed by atoms with Crippen molar-refractivity contribution in [2.45, 2.75) is 45.3 Å².